The molecule has 0 aromatic heterocycles. The number of allylic oxidation sites excluding steroid dienone is 1. The van der Waals surface area contributed by atoms with E-state index in [1.807, 2.05) is 0 Å². The van der Waals surface area contributed by atoms with Crippen LogP contribution in [0.25, 0.3) is 0 Å². The van der Waals surface area contributed by atoms with Crippen LogP contribution in [0, 0.1) is 22.7 Å². The van der Waals surface area contributed by atoms with Gasteiger partial charge in [0, 0.05) is 11.3 Å². The fourth-order valence-electron chi connectivity index (χ4n) is 7.66. The van der Waals surface area contributed by atoms with Crippen molar-refractivity contribution in [2.45, 2.75) is 75.2 Å². The molecule has 0 radical (unpaired) electrons. The van der Waals surface area contributed by atoms with E-state index in [0.717, 1.165) is 0 Å². The number of aliphatic hydroxyl groups excluding tert-OH is 5. The molecule has 3 aliphatic carbocycles. The van der Waals surface area contributed by atoms with E-state index in [9.17, 15) is 40.2 Å². The summed E-state index contributed by atoms with van der Waals surface area (Å²) in [6, 6.07) is 0. The average molecular weight is 426 g/mol. The van der Waals surface area contributed by atoms with Crippen molar-refractivity contribution in [3.8, 4) is 0 Å². The number of ether oxygens (including phenoxy) is 2. The number of hydrogen-bond donors (Lipinski definition) is 6. The molecule has 0 aromatic rings. The van der Waals surface area contributed by atoms with Crippen LogP contribution < -0.4 is 0 Å². The normalized spacial score (nSPS) is 61.7. The van der Waals surface area contributed by atoms with Gasteiger partial charge in [0.1, 0.15) is 29.5 Å². The van der Waals surface area contributed by atoms with Gasteiger partial charge in [-0.2, -0.15) is 0 Å². The first-order valence-corrected chi connectivity index (χ1v) is 10.0. The highest BCUT2D eigenvalue weighted by atomic mass is 16.7. The molecule has 2 bridgehead atoms. The Morgan fingerprint density at radius 2 is 1.70 bits per heavy atom. The number of fused-ring (bicyclic) bond motifs is 2. The lowest BCUT2D eigenvalue weighted by atomic mass is 9.36. The van der Waals surface area contributed by atoms with E-state index in [-0.39, 0.29) is 6.42 Å². The van der Waals surface area contributed by atoms with E-state index in [1.165, 1.54) is 13.0 Å². The van der Waals surface area contributed by atoms with Crippen molar-refractivity contribution in [3.05, 3.63) is 11.6 Å². The van der Waals surface area contributed by atoms with E-state index >= 15 is 0 Å². The molecule has 5 rings (SSSR count). The summed E-state index contributed by atoms with van der Waals surface area (Å²) < 4.78 is 11.0. The number of hydrogen-bond acceptors (Lipinski definition) is 10. The van der Waals surface area contributed by atoms with Gasteiger partial charge < -0.3 is 40.1 Å². The molecule has 6 N–H and O–H groups in total. The van der Waals surface area contributed by atoms with E-state index < -0.39 is 82.4 Å². The number of carbonyl (C=O) groups excluding carboxylic acids is 2. The van der Waals surface area contributed by atoms with Crippen LogP contribution in [-0.2, 0) is 19.1 Å². The maximum absolute atomic E-state index is 12.6. The molecule has 4 fully saturated rings. The minimum absolute atomic E-state index is 0.0136. The molecular formula is C20H26O10. The second-order valence-corrected chi connectivity index (χ2v) is 9.87. The number of ketones is 1. The van der Waals surface area contributed by atoms with Crippen LogP contribution in [0.2, 0.25) is 0 Å². The number of aliphatic hydroxyl groups is 6. The highest BCUT2D eigenvalue weighted by molar-refractivity contribution is 5.96. The Hall–Kier alpha value is -1.40. The third kappa shape index (κ3) is 1.69. The lowest BCUT2D eigenvalue weighted by molar-refractivity contribution is -0.358. The van der Waals surface area contributed by atoms with E-state index in [4.69, 9.17) is 9.47 Å². The quantitative estimate of drug-likeness (QED) is 0.225. The monoisotopic (exact) mass is 426 g/mol. The standard InChI is InChI=1S/C20H26O10/c1-6-4-8(21)12(23)17(2)7(6)5-9-19-11(17)10(22)13(24)18(3,30-16(19)27)20(19,28)14(25)15(26)29-9/h4,7,9-14,16,22-25,27-28H,5H2,1-3H3. The molecule has 10 nitrogen and oxygen atoms in total. The zero-order chi connectivity index (χ0) is 22.2. The van der Waals surface area contributed by atoms with Gasteiger partial charge >= 0.3 is 5.97 Å². The van der Waals surface area contributed by atoms with Crippen molar-refractivity contribution < 1.29 is 49.7 Å². The highest BCUT2D eigenvalue weighted by Crippen LogP contribution is 2.74. The second kappa shape index (κ2) is 5.50. The van der Waals surface area contributed by atoms with E-state index in [1.54, 1.807) is 13.8 Å². The highest BCUT2D eigenvalue weighted by Gasteiger charge is 2.91. The van der Waals surface area contributed by atoms with Gasteiger partial charge in [0.25, 0.3) is 0 Å². The minimum atomic E-state index is -2.55. The number of rotatable bonds is 0. The molecule has 2 aliphatic heterocycles. The van der Waals surface area contributed by atoms with Crippen molar-refractivity contribution in [1.29, 1.82) is 0 Å². The SMILES string of the molecule is CC1=CC(=O)C(O)C2(C)C1CC1OC(=O)C(O)C3(O)C4(C)OC(O)C13C2C(O)C4O. The third-order valence-corrected chi connectivity index (χ3v) is 8.99. The predicted octanol–water partition coefficient (Wildman–Crippen LogP) is -2.63. The Labute approximate surface area is 171 Å². The third-order valence-electron chi connectivity index (χ3n) is 8.99. The van der Waals surface area contributed by atoms with Gasteiger partial charge in [0.2, 0.25) is 0 Å². The Balaban J connectivity index is 1.86. The number of esters is 1. The molecule has 166 valence electrons. The van der Waals surface area contributed by atoms with Gasteiger partial charge in [0.05, 0.1) is 11.5 Å². The van der Waals surface area contributed by atoms with Crippen LogP contribution in [0.5, 0.6) is 0 Å². The number of carbonyl (C=O) groups is 2. The van der Waals surface area contributed by atoms with Crippen molar-refractivity contribution >= 4 is 11.8 Å². The summed E-state index contributed by atoms with van der Waals surface area (Å²) in [6.45, 7) is 4.42. The Morgan fingerprint density at radius 1 is 1.07 bits per heavy atom. The smallest absolute Gasteiger partial charge is 0.338 e. The summed E-state index contributed by atoms with van der Waals surface area (Å²) in [6.07, 6.45) is -9.08. The summed E-state index contributed by atoms with van der Waals surface area (Å²) in [5.41, 5.74) is -7.53. The van der Waals surface area contributed by atoms with Gasteiger partial charge in [-0.25, -0.2) is 4.79 Å². The fraction of sp³-hybridized carbons (Fsp3) is 0.800. The maximum atomic E-state index is 12.6. The zero-order valence-electron chi connectivity index (χ0n) is 16.7. The molecule has 0 amide bonds. The predicted molar refractivity (Wildman–Crippen MR) is 95.3 cm³/mol. The minimum Gasteiger partial charge on any atom is -0.459 e. The maximum Gasteiger partial charge on any atom is 0.338 e. The first kappa shape index (κ1) is 20.5. The largest absolute Gasteiger partial charge is 0.459 e. The van der Waals surface area contributed by atoms with Crippen molar-refractivity contribution in [2.24, 2.45) is 22.7 Å². The van der Waals surface area contributed by atoms with Crippen LogP contribution in [0.1, 0.15) is 27.2 Å². The molecule has 2 saturated carbocycles. The Morgan fingerprint density at radius 3 is 2.33 bits per heavy atom. The van der Waals surface area contributed by atoms with Crippen LogP contribution in [-0.4, -0.2) is 90.4 Å². The lowest BCUT2D eigenvalue weighted by Crippen LogP contribution is -2.87. The summed E-state index contributed by atoms with van der Waals surface area (Å²) in [4.78, 5) is 25.1. The molecule has 5 aliphatic rings. The lowest BCUT2D eigenvalue weighted by Gasteiger charge is -2.70. The summed E-state index contributed by atoms with van der Waals surface area (Å²) in [5, 5.41) is 66.9. The molecule has 2 heterocycles. The van der Waals surface area contributed by atoms with Crippen LogP contribution in [0.4, 0.5) is 0 Å². The average Bonchev–Trinajstić information content (AvgIpc) is 2.81. The second-order valence-electron chi connectivity index (χ2n) is 9.87. The molecule has 12 atom stereocenters. The first-order chi connectivity index (χ1) is 13.8. The zero-order valence-corrected chi connectivity index (χ0v) is 16.7. The summed E-state index contributed by atoms with van der Waals surface area (Å²) in [7, 11) is 0. The molecular weight excluding hydrogens is 400 g/mol. The van der Waals surface area contributed by atoms with E-state index in [0.29, 0.717) is 5.57 Å². The molecule has 12 unspecified atom stereocenters. The summed E-state index contributed by atoms with van der Waals surface area (Å²) >= 11 is 0. The molecule has 10 heteroatoms. The topological polar surface area (TPSA) is 174 Å². The first-order valence-electron chi connectivity index (χ1n) is 10.0. The van der Waals surface area contributed by atoms with Crippen molar-refractivity contribution in [3.63, 3.8) is 0 Å². The van der Waals surface area contributed by atoms with Gasteiger partial charge in [0.15, 0.2) is 18.2 Å². The molecule has 1 spiro atoms. The summed E-state index contributed by atoms with van der Waals surface area (Å²) in [5.74, 6) is -3.68. The van der Waals surface area contributed by atoms with Gasteiger partial charge in [-0.1, -0.05) is 12.5 Å². The van der Waals surface area contributed by atoms with Crippen LogP contribution >= 0.6 is 0 Å². The van der Waals surface area contributed by atoms with Crippen molar-refractivity contribution in [2.75, 3.05) is 0 Å². The Kier molecular flexibility index (Phi) is 3.76. The van der Waals surface area contributed by atoms with Crippen LogP contribution in [0.15, 0.2) is 11.6 Å². The van der Waals surface area contributed by atoms with Gasteiger partial charge in [-0.15, -0.1) is 0 Å². The fourth-order valence-corrected chi connectivity index (χ4v) is 7.66. The van der Waals surface area contributed by atoms with E-state index in [2.05, 4.69) is 0 Å². The Bertz CT molecular complexity index is 887. The van der Waals surface area contributed by atoms with Crippen molar-refractivity contribution in [1.82, 2.24) is 0 Å². The van der Waals surface area contributed by atoms with Gasteiger partial charge in [-0.05, 0) is 32.3 Å². The molecule has 2 saturated heterocycles. The molecule has 30 heavy (non-hydrogen) atoms. The van der Waals surface area contributed by atoms with Crippen LogP contribution in [0.3, 0.4) is 0 Å². The van der Waals surface area contributed by atoms with Gasteiger partial charge in [-0.3, -0.25) is 4.79 Å². The molecule has 0 aromatic carbocycles.